The summed E-state index contributed by atoms with van der Waals surface area (Å²) in [5.41, 5.74) is 4.59. The number of nitrogen functional groups attached to an aromatic ring is 1. The molecule has 0 spiro atoms. The molecule has 1 aliphatic rings. The van der Waals surface area contributed by atoms with Crippen molar-refractivity contribution in [3.05, 3.63) is 28.5 Å². The third kappa shape index (κ3) is 24.8. The number of fused-ring (bicyclic) bond motifs is 1. The molecule has 4 atom stereocenters. The summed E-state index contributed by atoms with van der Waals surface area (Å²) in [6, 6.07) is 0. The predicted molar refractivity (Wildman–Crippen MR) is 218 cm³/mol. The standard InChI is InChI=1S/C10H14N5O13P3.4C6H15N/c11-10-13-7-6(8(17)14-10)12-3-15(7)9-5(16)1-4(26-9)2-25-30(21,22)28-31(23,24)27-29(18,19)20;4*1-4-7(5-2)6-3/h1,3,5,9,16H,2H2,(H,21,22)(H,23,24)(H2,18,19,20)(H3,11,13,14,17);4*4-6H2,1-3H3/t5-,9-;;;;/m1..../s1. The zero-order chi connectivity index (χ0) is 46.0. The Labute approximate surface area is 350 Å². The minimum Gasteiger partial charge on any atom is -0.790 e. The highest BCUT2D eigenvalue weighted by atomic mass is 31.3. The second-order valence-electron chi connectivity index (χ2n) is 12.9. The fraction of sp³-hybridized carbons (Fsp3) is 0.794. The Hall–Kier alpha value is -2.10. The van der Waals surface area contributed by atoms with Crippen molar-refractivity contribution in [2.24, 2.45) is 0 Å². The van der Waals surface area contributed by atoms with E-state index in [9.17, 15) is 43.2 Å². The van der Waals surface area contributed by atoms with Gasteiger partial charge in [0, 0.05) is 0 Å². The van der Waals surface area contributed by atoms with E-state index in [1.165, 1.54) is 78.5 Å². The van der Waals surface area contributed by atoms with Crippen molar-refractivity contribution in [3.63, 3.8) is 0 Å². The normalized spacial score (nSPS) is 17.1. The van der Waals surface area contributed by atoms with E-state index in [1.807, 2.05) is 0 Å². The number of nitrogens with one attached hydrogen (secondary N) is 5. The van der Waals surface area contributed by atoms with Gasteiger partial charge in [-0.15, -0.1) is 0 Å². The van der Waals surface area contributed by atoms with E-state index < -0.39 is 48.0 Å². The van der Waals surface area contributed by atoms with E-state index in [0.29, 0.717) is 0 Å². The van der Waals surface area contributed by atoms with Crippen molar-refractivity contribution in [2.45, 2.75) is 95.4 Å². The number of aromatic amines is 1. The number of aliphatic hydroxyl groups excluding tert-OH is 1. The molecule has 348 valence electrons. The van der Waals surface area contributed by atoms with Crippen LogP contribution in [0.25, 0.3) is 11.2 Å². The number of quaternary nitrogens is 4. The first kappa shape index (κ1) is 59.0. The van der Waals surface area contributed by atoms with E-state index >= 15 is 0 Å². The number of H-pyrrole nitrogens is 1. The van der Waals surface area contributed by atoms with Gasteiger partial charge in [0.1, 0.15) is 24.8 Å². The lowest BCUT2D eigenvalue weighted by Crippen LogP contribution is -3.11. The van der Waals surface area contributed by atoms with Crippen LogP contribution in [0.3, 0.4) is 0 Å². The van der Waals surface area contributed by atoms with Crippen LogP contribution < -0.4 is 50.5 Å². The maximum atomic E-state index is 11.8. The highest BCUT2D eigenvalue weighted by molar-refractivity contribution is 7.64. The lowest BCUT2D eigenvalue weighted by molar-refractivity contribution is -0.894. The van der Waals surface area contributed by atoms with Gasteiger partial charge in [0.15, 0.2) is 11.2 Å². The van der Waals surface area contributed by atoms with Crippen molar-refractivity contribution >= 4 is 40.6 Å². The van der Waals surface area contributed by atoms with Crippen LogP contribution in [0.1, 0.15) is 89.3 Å². The number of phosphoric acid groups is 3. The van der Waals surface area contributed by atoms with Gasteiger partial charge >= 0.3 is 0 Å². The third-order valence-corrected chi connectivity index (χ3v) is 13.1. The number of aromatic nitrogens is 4. The molecule has 0 saturated heterocycles. The molecule has 0 aromatic carbocycles. The second-order valence-corrected chi connectivity index (χ2v) is 17.2. The molecule has 8 N–H and O–H groups in total. The zero-order valence-corrected chi connectivity index (χ0v) is 39.8. The minimum atomic E-state index is -6.12. The molecular weight excluding hydrogens is 835 g/mol. The summed E-state index contributed by atoms with van der Waals surface area (Å²) in [7, 11) is -18.0. The number of hydrogen-bond acceptors (Lipinski definition) is 16. The van der Waals surface area contributed by atoms with Crippen LogP contribution in [0.2, 0.25) is 0 Å². The molecule has 59 heavy (non-hydrogen) atoms. The lowest BCUT2D eigenvalue weighted by Gasteiger charge is -2.37. The molecule has 0 saturated carbocycles. The first-order chi connectivity index (χ1) is 27.5. The number of nitrogens with two attached hydrogens (primary N) is 1. The van der Waals surface area contributed by atoms with Gasteiger partial charge in [-0.2, -0.15) is 4.98 Å². The number of phosphoric ester groups is 1. The largest absolute Gasteiger partial charge is 0.790 e. The second kappa shape index (κ2) is 30.9. The maximum Gasteiger partial charge on any atom is 0.280 e. The van der Waals surface area contributed by atoms with Gasteiger partial charge < -0.3 is 63.8 Å². The molecule has 2 aromatic heterocycles. The zero-order valence-electron chi connectivity index (χ0n) is 37.1. The number of ether oxygens (including phenoxy) is 1. The van der Waals surface area contributed by atoms with E-state index in [2.05, 4.69) is 111 Å². The summed E-state index contributed by atoms with van der Waals surface area (Å²) in [5, 5.41) is 10.1. The van der Waals surface area contributed by atoms with Crippen LogP contribution >= 0.6 is 23.5 Å². The molecule has 1 aliphatic heterocycles. The van der Waals surface area contributed by atoms with E-state index in [0.717, 1.165) is 17.0 Å². The van der Waals surface area contributed by atoms with Gasteiger partial charge in [-0.3, -0.25) is 27.8 Å². The molecule has 0 aliphatic carbocycles. The van der Waals surface area contributed by atoms with E-state index in [4.69, 9.17) is 10.5 Å². The molecule has 0 bridgehead atoms. The Balaban J connectivity index is 0. The Kier molecular flexibility index (Phi) is 30.8. The van der Waals surface area contributed by atoms with Crippen molar-refractivity contribution < 1.29 is 75.9 Å². The molecule has 22 nitrogen and oxygen atoms in total. The maximum absolute atomic E-state index is 11.8. The smallest absolute Gasteiger partial charge is 0.280 e. The SMILES string of the molecule is CC[NH+](CC)CC.CC[NH+](CC)CC.CC[NH+](CC)CC.CC[NH+](CC)CC.Nc1nc2c(ncn2[C@@H]2OC(COP(=O)([O-])OP(=O)([O-])OP(=O)([O-])[O-])=C[C@H]2O)c(=O)[nH]1. The number of anilines is 1. The molecule has 2 unspecified atom stereocenters. The van der Waals surface area contributed by atoms with Crippen LogP contribution in [0.4, 0.5) is 5.95 Å². The van der Waals surface area contributed by atoms with Crippen LogP contribution in [0.15, 0.2) is 23.0 Å². The van der Waals surface area contributed by atoms with Gasteiger partial charge in [-0.1, -0.05) is 0 Å². The quantitative estimate of drug-likeness (QED) is 0.0623. The number of imidazole rings is 1. The van der Waals surface area contributed by atoms with Crippen molar-refractivity contribution in [3.8, 4) is 0 Å². The molecule has 25 heteroatoms. The topological polar surface area (TPSA) is 308 Å². The molecule has 3 heterocycles. The third-order valence-electron chi connectivity index (χ3n) is 9.41. The fourth-order valence-electron chi connectivity index (χ4n) is 5.40. The van der Waals surface area contributed by atoms with Gasteiger partial charge in [-0.05, 0) is 89.2 Å². The van der Waals surface area contributed by atoms with Gasteiger partial charge in [-0.25, -0.2) is 9.29 Å². The van der Waals surface area contributed by atoms with Crippen LogP contribution in [0.5, 0.6) is 0 Å². The average molecular weight is 910 g/mol. The summed E-state index contributed by atoms with van der Waals surface area (Å²) < 4.78 is 50.0. The Morgan fingerprint density at radius 2 is 1.12 bits per heavy atom. The monoisotopic (exact) mass is 909 g/mol. The van der Waals surface area contributed by atoms with E-state index in [1.54, 1.807) is 19.6 Å². The molecule has 0 radical (unpaired) electrons. The first-order valence-corrected chi connectivity index (χ1v) is 24.8. The summed E-state index contributed by atoms with van der Waals surface area (Å²) in [4.78, 5) is 71.6. The number of hydrogen-bond donors (Lipinski definition) is 7. The van der Waals surface area contributed by atoms with Gasteiger partial charge in [0.2, 0.25) is 12.2 Å². The van der Waals surface area contributed by atoms with Crippen LogP contribution in [0, 0.1) is 0 Å². The Morgan fingerprint density at radius 1 is 0.729 bits per heavy atom. The Bertz CT molecular complexity index is 1580. The fourth-order valence-corrected chi connectivity index (χ4v) is 8.22. The highest BCUT2D eigenvalue weighted by Crippen LogP contribution is 2.60. The van der Waals surface area contributed by atoms with Crippen LogP contribution in [-0.2, 0) is 31.6 Å². The number of aliphatic hydroxyl groups is 1. The molecule has 3 rings (SSSR count). The first-order valence-electron chi connectivity index (χ1n) is 20.4. The molecule has 0 amide bonds. The van der Waals surface area contributed by atoms with Gasteiger partial charge in [0.25, 0.3) is 21.2 Å². The van der Waals surface area contributed by atoms with Crippen LogP contribution in [-0.4, -0.2) is 116 Å². The summed E-state index contributed by atoms with van der Waals surface area (Å²) >= 11 is 0. The van der Waals surface area contributed by atoms with E-state index in [-0.39, 0.29) is 22.9 Å². The summed E-state index contributed by atoms with van der Waals surface area (Å²) in [6.07, 6.45) is -0.644. The lowest BCUT2D eigenvalue weighted by atomic mass is 10.3. The number of rotatable bonds is 20. The van der Waals surface area contributed by atoms with Gasteiger partial charge in [0.05, 0.1) is 86.4 Å². The molecule has 0 fully saturated rings. The van der Waals surface area contributed by atoms with Crippen molar-refractivity contribution in [2.75, 3.05) is 90.9 Å². The average Bonchev–Trinajstić information content (AvgIpc) is 3.76. The highest BCUT2D eigenvalue weighted by Gasteiger charge is 2.32. The predicted octanol–water partition coefficient (Wildman–Crippen LogP) is -3.99. The number of nitrogens with zero attached hydrogens (tertiary/aromatic N) is 3. The molecular formula is C34H74N9O13P3. The Morgan fingerprint density at radius 3 is 1.46 bits per heavy atom. The van der Waals surface area contributed by atoms with Crippen molar-refractivity contribution in [1.29, 1.82) is 0 Å². The summed E-state index contributed by atoms with van der Waals surface area (Å²) in [6.45, 7) is 40.9. The molecule has 2 aromatic rings. The minimum absolute atomic E-state index is 0.0669. The van der Waals surface area contributed by atoms with Crippen molar-refractivity contribution in [1.82, 2.24) is 19.5 Å². The summed E-state index contributed by atoms with van der Waals surface area (Å²) in [5.74, 6) is -0.588.